The Labute approximate surface area is 94.2 Å². The van der Waals surface area contributed by atoms with Crippen LogP contribution in [0.1, 0.15) is 52.4 Å². The van der Waals surface area contributed by atoms with Crippen molar-refractivity contribution in [1.82, 2.24) is 4.90 Å². The van der Waals surface area contributed by atoms with E-state index in [1.807, 2.05) is 0 Å². The summed E-state index contributed by atoms with van der Waals surface area (Å²) >= 11 is 0. The van der Waals surface area contributed by atoms with Gasteiger partial charge in [-0.3, -0.25) is 4.90 Å². The molecule has 0 radical (unpaired) electrons. The van der Waals surface area contributed by atoms with Gasteiger partial charge in [-0.2, -0.15) is 0 Å². The highest BCUT2D eigenvalue weighted by molar-refractivity contribution is 4.99. The molecule has 2 saturated carbocycles. The Balaban J connectivity index is 2.04. The predicted molar refractivity (Wildman–Crippen MR) is 64.8 cm³/mol. The zero-order chi connectivity index (χ0) is 10.9. The van der Waals surface area contributed by atoms with Crippen LogP contribution < -0.4 is 5.73 Å². The van der Waals surface area contributed by atoms with Crippen molar-refractivity contribution >= 4 is 0 Å². The summed E-state index contributed by atoms with van der Waals surface area (Å²) in [6.07, 6.45) is 8.16. The van der Waals surface area contributed by atoms with Gasteiger partial charge in [0.15, 0.2) is 0 Å². The average Bonchev–Trinajstić information content (AvgIpc) is 3.13. The van der Waals surface area contributed by atoms with Crippen LogP contribution in [0.15, 0.2) is 0 Å². The largest absolute Gasteiger partial charge is 0.329 e. The van der Waals surface area contributed by atoms with Crippen molar-refractivity contribution in [1.29, 1.82) is 0 Å². The standard InChI is InChI=1S/C13H26N2/c1-3-13(4-2,10-14)15(12-7-8-12)9-11-5-6-11/h11-12H,3-10,14H2,1-2H3. The van der Waals surface area contributed by atoms with E-state index >= 15 is 0 Å². The van der Waals surface area contributed by atoms with Crippen LogP contribution in [0.4, 0.5) is 0 Å². The molecule has 2 nitrogen and oxygen atoms in total. The van der Waals surface area contributed by atoms with Crippen molar-refractivity contribution in [3.05, 3.63) is 0 Å². The van der Waals surface area contributed by atoms with Crippen LogP contribution in [0.25, 0.3) is 0 Å². The van der Waals surface area contributed by atoms with Gasteiger partial charge in [0, 0.05) is 24.7 Å². The highest BCUT2D eigenvalue weighted by Gasteiger charge is 2.43. The Hall–Kier alpha value is -0.0800. The van der Waals surface area contributed by atoms with Gasteiger partial charge in [-0.15, -0.1) is 0 Å². The van der Waals surface area contributed by atoms with Gasteiger partial charge in [-0.25, -0.2) is 0 Å². The number of rotatable bonds is 7. The van der Waals surface area contributed by atoms with E-state index < -0.39 is 0 Å². The molecule has 0 heterocycles. The first-order chi connectivity index (χ1) is 7.25. The van der Waals surface area contributed by atoms with Crippen LogP contribution in [-0.4, -0.2) is 29.6 Å². The molecule has 0 spiro atoms. The quantitative estimate of drug-likeness (QED) is 0.699. The third-order valence-electron chi connectivity index (χ3n) is 4.44. The number of nitrogens with zero attached hydrogens (tertiary/aromatic N) is 1. The number of hydrogen-bond donors (Lipinski definition) is 1. The zero-order valence-electron chi connectivity index (χ0n) is 10.3. The topological polar surface area (TPSA) is 29.3 Å². The maximum atomic E-state index is 6.05. The lowest BCUT2D eigenvalue weighted by Crippen LogP contribution is -2.54. The smallest absolute Gasteiger partial charge is 0.0329 e. The number of nitrogens with two attached hydrogens (primary N) is 1. The first kappa shape index (κ1) is 11.4. The Bertz CT molecular complexity index is 194. The van der Waals surface area contributed by atoms with Crippen LogP contribution in [0.2, 0.25) is 0 Å². The van der Waals surface area contributed by atoms with Crippen LogP contribution in [0.3, 0.4) is 0 Å². The third kappa shape index (κ3) is 2.36. The summed E-state index contributed by atoms with van der Waals surface area (Å²) < 4.78 is 0. The maximum Gasteiger partial charge on any atom is 0.0329 e. The molecule has 2 N–H and O–H groups in total. The Morgan fingerprint density at radius 3 is 2.07 bits per heavy atom. The van der Waals surface area contributed by atoms with Crippen molar-refractivity contribution in [2.75, 3.05) is 13.1 Å². The lowest BCUT2D eigenvalue weighted by atomic mass is 9.90. The molecule has 0 saturated heterocycles. The fourth-order valence-electron chi connectivity index (χ4n) is 2.76. The molecule has 0 unspecified atom stereocenters. The van der Waals surface area contributed by atoms with Gasteiger partial charge in [0.05, 0.1) is 0 Å². The van der Waals surface area contributed by atoms with Gasteiger partial charge in [-0.05, 0) is 44.4 Å². The molecule has 2 aliphatic carbocycles. The molecule has 2 rings (SSSR count). The Morgan fingerprint density at radius 1 is 1.13 bits per heavy atom. The Kier molecular flexibility index (Phi) is 3.36. The fourth-order valence-corrected chi connectivity index (χ4v) is 2.76. The van der Waals surface area contributed by atoms with Crippen LogP contribution in [0.5, 0.6) is 0 Å². The molecule has 0 aromatic heterocycles. The van der Waals surface area contributed by atoms with Crippen LogP contribution >= 0.6 is 0 Å². The summed E-state index contributed by atoms with van der Waals surface area (Å²) in [5.41, 5.74) is 6.36. The second kappa shape index (κ2) is 4.42. The van der Waals surface area contributed by atoms with Gasteiger partial charge >= 0.3 is 0 Å². The van der Waals surface area contributed by atoms with Crippen LogP contribution in [-0.2, 0) is 0 Å². The zero-order valence-corrected chi connectivity index (χ0v) is 10.3. The normalized spacial score (nSPS) is 22.4. The SMILES string of the molecule is CCC(CC)(CN)N(CC1CC1)C1CC1. The Morgan fingerprint density at radius 2 is 1.73 bits per heavy atom. The third-order valence-corrected chi connectivity index (χ3v) is 4.44. The molecular weight excluding hydrogens is 184 g/mol. The molecule has 0 aliphatic heterocycles. The monoisotopic (exact) mass is 210 g/mol. The van der Waals surface area contributed by atoms with E-state index in [9.17, 15) is 0 Å². The van der Waals surface area contributed by atoms with Crippen molar-refractivity contribution in [2.24, 2.45) is 11.7 Å². The summed E-state index contributed by atoms with van der Waals surface area (Å²) in [5, 5.41) is 0. The maximum absolute atomic E-state index is 6.05. The highest BCUT2D eigenvalue weighted by atomic mass is 15.3. The minimum Gasteiger partial charge on any atom is -0.329 e. The molecule has 88 valence electrons. The van der Waals surface area contributed by atoms with Gasteiger partial charge in [-0.1, -0.05) is 13.8 Å². The van der Waals surface area contributed by atoms with Gasteiger partial charge < -0.3 is 5.73 Å². The summed E-state index contributed by atoms with van der Waals surface area (Å²) in [6.45, 7) is 6.77. The van der Waals surface area contributed by atoms with Gasteiger partial charge in [0.25, 0.3) is 0 Å². The summed E-state index contributed by atoms with van der Waals surface area (Å²) in [5.74, 6) is 0.995. The van der Waals surface area contributed by atoms with Crippen molar-refractivity contribution in [3.63, 3.8) is 0 Å². The van der Waals surface area contributed by atoms with E-state index in [1.54, 1.807) is 0 Å². The van der Waals surface area contributed by atoms with E-state index in [1.165, 1.54) is 45.1 Å². The molecule has 0 bridgehead atoms. The first-order valence-corrected chi connectivity index (χ1v) is 6.72. The molecule has 0 aromatic carbocycles. The molecule has 0 aromatic rings. The fraction of sp³-hybridized carbons (Fsp3) is 1.00. The van der Waals surface area contributed by atoms with Crippen molar-refractivity contribution < 1.29 is 0 Å². The van der Waals surface area contributed by atoms with E-state index in [0.29, 0.717) is 5.54 Å². The molecule has 2 aliphatic rings. The molecular formula is C13H26N2. The average molecular weight is 210 g/mol. The van der Waals surface area contributed by atoms with E-state index in [2.05, 4.69) is 18.7 Å². The van der Waals surface area contributed by atoms with Crippen molar-refractivity contribution in [2.45, 2.75) is 64.0 Å². The minimum absolute atomic E-state index is 0.309. The van der Waals surface area contributed by atoms with Gasteiger partial charge in [0.2, 0.25) is 0 Å². The van der Waals surface area contributed by atoms with Crippen LogP contribution in [0, 0.1) is 5.92 Å². The van der Waals surface area contributed by atoms with E-state index in [-0.39, 0.29) is 0 Å². The molecule has 2 fully saturated rings. The molecule has 2 heteroatoms. The minimum atomic E-state index is 0.309. The van der Waals surface area contributed by atoms with E-state index in [4.69, 9.17) is 5.73 Å². The summed E-state index contributed by atoms with van der Waals surface area (Å²) in [4.78, 5) is 2.77. The van der Waals surface area contributed by atoms with Crippen molar-refractivity contribution in [3.8, 4) is 0 Å². The molecule has 0 amide bonds. The molecule has 15 heavy (non-hydrogen) atoms. The lowest BCUT2D eigenvalue weighted by molar-refractivity contribution is 0.0708. The molecule has 0 atom stereocenters. The summed E-state index contributed by atoms with van der Waals surface area (Å²) in [7, 11) is 0. The lowest BCUT2D eigenvalue weighted by Gasteiger charge is -2.43. The first-order valence-electron chi connectivity index (χ1n) is 6.72. The second-order valence-corrected chi connectivity index (χ2v) is 5.46. The van der Waals surface area contributed by atoms with Gasteiger partial charge in [0.1, 0.15) is 0 Å². The van der Waals surface area contributed by atoms with E-state index in [0.717, 1.165) is 18.5 Å². The number of hydrogen-bond acceptors (Lipinski definition) is 2. The second-order valence-electron chi connectivity index (χ2n) is 5.46. The summed E-state index contributed by atoms with van der Waals surface area (Å²) in [6, 6.07) is 0.869. The predicted octanol–water partition coefficient (Wildman–Crippen LogP) is 2.38. The highest BCUT2D eigenvalue weighted by Crippen LogP contribution is 2.40.